The molecule has 3 unspecified atom stereocenters. The lowest BCUT2D eigenvalue weighted by Crippen LogP contribution is -2.53. The van der Waals surface area contributed by atoms with E-state index in [0.29, 0.717) is 25.1 Å². The Balaban J connectivity index is 2.24. The predicted octanol–water partition coefficient (Wildman–Crippen LogP) is -0.215. The van der Waals surface area contributed by atoms with Crippen LogP contribution in [0.1, 0.15) is 19.8 Å². The quantitative estimate of drug-likeness (QED) is 0.772. The van der Waals surface area contributed by atoms with E-state index in [1.807, 2.05) is 0 Å². The van der Waals surface area contributed by atoms with E-state index in [1.165, 1.54) is 21.0 Å². The molecule has 2 saturated heterocycles. The van der Waals surface area contributed by atoms with Crippen molar-refractivity contribution in [1.29, 1.82) is 0 Å². The van der Waals surface area contributed by atoms with E-state index in [9.17, 15) is 23.1 Å². The van der Waals surface area contributed by atoms with Gasteiger partial charge < -0.3 is 10.0 Å². The molecule has 2 aliphatic rings. The second-order valence-electron chi connectivity index (χ2n) is 5.06. The molecule has 114 valence electrons. The zero-order chi connectivity index (χ0) is 15.1. The minimum absolute atomic E-state index is 0.245. The van der Waals surface area contributed by atoms with E-state index in [-0.39, 0.29) is 5.37 Å². The summed E-state index contributed by atoms with van der Waals surface area (Å²) in [6.07, 6.45) is 2.15. The van der Waals surface area contributed by atoms with Crippen molar-refractivity contribution in [3.05, 3.63) is 0 Å². The highest BCUT2D eigenvalue weighted by Crippen LogP contribution is 2.32. The summed E-state index contributed by atoms with van der Waals surface area (Å²) in [5.41, 5.74) is 0. The molecule has 1 amide bonds. The fourth-order valence-corrected chi connectivity index (χ4v) is 5.02. The Hall–Kier alpha value is -0.800. The van der Waals surface area contributed by atoms with Crippen LogP contribution in [-0.4, -0.2) is 70.6 Å². The minimum atomic E-state index is -3.45. The number of hydrogen-bond donors (Lipinski definition) is 1. The third-order valence-corrected chi connectivity index (χ3v) is 6.18. The summed E-state index contributed by atoms with van der Waals surface area (Å²) in [4.78, 5) is 25.1. The highest BCUT2D eigenvalue weighted by Gasteiger charge is 2.46. The summed E-state index contributed by atoms with van der Waals surface area (Å²) in [6.45, 7) is 2.09. The molecule has 0 aromatic rings. The molecule has 2 rings (SSSR count). The number of aliphatic carboxylic acids is 1. The number of rotatable bonds is 3. The highest BCUT2D eigenvalue weighted by atomic mass is 32.2. The van der Waals surface area contributed by atoms with Gasteiger partial charge in [0.25, 0.3) is 0 Å². The number of amides is 1. The van der Waals surface area contributed by atoms with Gasteiger partial charge in [0, 0.05) is 12.3 Å². The largest absolute Gasteiger partial charge is 0.480 e. The van der Waals surface area contributed by atoms with Crippen molar-refractivity contribution < 1.29 is 23.1 Å². The molecule has 2 fully saturated rings. The Labute approximate surface area is 122 Å². The molecule has 0 saturated carbocycles. The van der Waals surface area contributed by atoms with Gasteiger partial charge in [0.2, 0.25) is 15.9 Å². The topological polar surface area (TPSA) is 95.0 Å². The van der Waals surface area contributed by atoms with Crippen molar-refractivity contribution in [3.8, 4) is 0 Å². The third kappa shape index (κ3) is 2.79. The minimum Gasteiger partial charge on any atom is -0.480 e. The predicted molar refractivity (Wildman–Crippen MR) is 74.8 cm³/mol. The molecule has 9 heteroatoms. The normalized spacial score (nSPS) is 31.7. The van der Waals surface area contributed by atoms with Gasteiger partial charge in [-0.3, -0.25) is 4.79 Å². The Morgan fingerprint density at radius 3 is 2.50 bits per heavy atom. The zero-order valence-corrected chi connectivity index (χ0v) is 13.0. The Kier molecular flexibility index (Phi) is 4.31. The first kappa shape index (κ1) is 15.6. The van der Waals surface area contributed by atoms with Crippen molar-refractivity contribution in [2.45, 2.75) is 37.2 Å². The third-order valence-electron chi connectivity index (χ3n) is 3.68. The molecule has 0 aromatic carbocycles. The van der Waals surface area contributed by atoms with E-state index >= 15 is 0 Å². The fraction of sp³-hybridized carbons (Fsp3) is 0.818. The average Bonchev–Trinajstić information content (AvgIpc) is 2.92. The van der Waals surface area contributed by atoms with Crippen molar-refractivity contribution in [2.75, 3.05) is 18.6 Å². The van der Waals surface area contributed by atoms with Gasteiger partial charge in [-0.05, 0) is 19.8 Å². The Morgan fingerprint density at radius 1 is 1.30 bits per heavy atom. The van der Waals surface area contributed by atoms with Crippen LogP contribution in [0.5, 0.6) is 0 Å². The molecule has 1 N–H and O–H groups in total. The lowest BCUT2D eigenvalue weighted by molar-refractivity contribution is -0.150. The maximum Gasteiger partial charge on any atom is 0.327 e. The van der Waals surface area contributed by atoms with Crippen LogP contribution in [0.2, 0.25) is 0 Å². The first-order valence-corrected chi connectivity index (χ1v) is 9.26. The number of carbonyl (C=O) groups excluding carboxylic acids is 1. The zero-order valence-electron chi connectivity index (χ0n) is 11.4. The van der Waals surface area contributed by atoms with Crippen LogP contribution in [0.4, 0.5) is 0 Å². The van der Waals surface area contributed by atoms with Crippen LogP contribution in [0.25, 0.3) is 0 Å². The van der Waals surface area contributed by atoms with Gasteiger partial charge in [-0.15, -0.1) is 11.8 Å². The standard InChI is InChI=1S/C11H18N2O5S2/c1-7-13(9(6-19-7)11(15)16)10(14)8-4-3-5-12(8)20(2,17)18/h7-9H,3-6H2,1-2H3,(H,15,16). The SMILES string of the molecule is CC1SCC(C(=O)O)N1C(=O)C1CCCN1S(C)(=O)=O. The van der Waals surface area contributed by atoms with Crippen molar-refractivity contribution in [2.24, 2.45) is 0 Å². The molecule has 0 aromatic heterocycles. The number of carboxylic acid groups (broad SMARTS) is 1. The smallest absolute Gasteiger partial charge is 0.327 e. The lowest BCUT2D eigenvalue weighted by Gasteiger charge is -2.30. The molecular weight excluding hydrogens is 304 g/mol. The number of nitrogens with zero attached hydrogens (tertiary/aromatic N) is 2. The van der Waals surface area contributed by atoms with Crippen molar-refractivity contribution in [1.82, 2.24) is 9.21 Å². The average molecular weight is 322 g/mol. The number of carboxylic acids is 1. The number of sulfonamides is 1. The molecule has 2 aliphatic heterocycles. The first-order valence-electron chi connectivity index (χ1n) is 6.37. The summed E-state index contributed by atoms with van der Waals surface area (Å²) in [6, 6.07) is -1.63. The Bertz CT molecular complexity index is 521. The van der Waals surface area contributed by atoms with E-state index in [1.54, 1.807) is 6.92 Å². The van der Waals surface area contributed by atoms with Crippen LogP contribution in [0.15, 0.2) is 0 Å². The van der Waals surface area contributed by atoms with Gasteiger partial charge in [0.1, 0.15) is 12.1 Å². The van der Waals surface area contributed by atoms with E-state index in [0.717, 1.165) is 6.26 Å². The van der Waals surface area contributed by atoms with Gasteiger partial charge in [-0.2, -0.15) is 4.31 Å². The maximum atomic E-state index is 12.6. The monoisotopic (exact) mass is 322 g/mol. The number of hydrogen-bond acceptors (Lipinski definition) is 5. The van der Waals surface area contributed by atoms with Gasteiger partial charge >= 0.3 is 5.97 Å². The molecule has 0 aliphatic carbocycles. The molecule has 0 bridgehead atoms. The van der Waals surface area contributed by atoms with E-state index in [2.05, 4.69) is 0 Å². The van der Waals surface area contributed by atoms with E-state index in [4.69, 9.17) is 0 Å². The summed E-state index contributed by atoms with van der Waals surface area (Å²) in [5.74, 6) is -1.09. The summed E-state index contributed by atoms with van der Waals surface area (Å²) in [7, 11) is -3.45. The maximum absolute atomic E-state index is 12.6. The fourth-order valence-electron chi connectivity index (χ4n) is 2.72. The van der Waals surface area contributed by atoms with Crippen molar-refractivity contribution >= 4 is 33.7 Å². The number of thioether (sulfide) groups is 1. The first-order chi connectivity index (χ1) is 9.23. The van der Waals surface area contributed by atoms with Crippen molar-refractivity contribution in [3.63, 3.8) is 0 Å². The van der Waals surface area contributed by atoms with Crippen LogP contribution < -0.4 is 0 Å². The van der Waals surface area contributed by atoms with Gasteiger partial charge in [-0.25, -0.2) is 13.2 Å². The van der Waals surface area contributed by atoms with Gasteiger partial charge in [0.15, 0.2) is 0 Å². The highest BCUT2D eigenvalue weighted by molar-refractivity contribution is 8.00. The van der Waals surface area contributed by atoms with Crippen LogP contribution in [0.3, 0.4) is 0 Å². The molecular formula is C11H18N2O5S2. The van der Waals surface area contributed by atoms with Crippen LogP contribution in [0, 0.1) is 0 Å². The molecule has 20 heavy (non-hydrogen) atoms. The summed E-state index contributed by atoms with van der Waals surface area (Å²) >= 11 is 1.39. The Morgan fingerprint density at radius 2 is 1.95 bits per heavy atom. The molecule has 0 radical (unpaired) electrons. The van der Waals surface area contributed by atoms with E-state index < -0.39 is 34.0 Å². The van der Waals surface area contributed by atoms with Gasteiger partial charge in [0.05, 0.1) is 11.6 Å². The lowest BCUT2D eigenvalue weighted by atomic mass is 10.1. The molecule has 2 heterocycles. The number of carbonyl (C=O) groups is 2. The van der Waals surface area contributed by atoms with Crippen LogP contribution in [-0.2, 0) is 19.6 Å². The summed E-state index contributed by atoms with van der Waals surface area (Å²) < 4.78 is 24.6. The summed E-state index contributed by atoms with van der Waals surface area (Å²) in [5, 5.41) is 8.94. The molecule has 0 spiro atoms. The van der Waals surface area contributed by atoms with Crippen LogP contribution >= 0.6 is 11.8 Å². The second-order valence-corrected chi connectivity index (χ2v) is 8.35. The second kappa shape index (κ2) is 5.53. The van der Waals surface area contributed by atoms with Gasteiger partial charge in [-0.1, -0.05) is 0 Å². The molecule has 7 nitrogen and oxygen atoms in total. The molecule has 3 atom stereocenters.